The maximum Gasteiger partial charge on any atom is 0.220 e. The summed E-state index contributed by atoms with van der Waals surface area (Å²) in [5, 5.41) is 7.13. The number of pyridine rings is 2. The topological polar surface area (TPSA) is 145 Å². The van der Waals surface area contributed by atoms with E-state index >= 15 is 0 Å². The number of anilines is 6. The predicted molar refractivity (Wildman–Crippen MR) is 112 cm³/mol. The highest BCUT2D eigenvalue weighted by Gasteiger charge is 2.23. The quantitative estimate of drug-likeness (QED) is 0.352. The molecule has 9 nitrogen and oxygen atoms in total. The van der Waals surface area contributed by atoms with Crippen LogP contribution in [0.1, 0.15) is 14.5 Å². The van der Waals surface area contributed by atoms with E-state index in [0.717, 1.165) is 34.0 Å². The van der Waals surface area contributed by atoms with Gasteiger partial charge in [0.15, 0.2) is 10.3 Å². The largest absolute Gasteiger partial charge is 0.382 e. The number of nitrogens with two attached hydrogens (primary N) is 2. The van der Waals surface area contributed by atoms with Crippen LogP contribution in [0.5, 0.6) is 0 Å². The maximum absolute atomic E-state index is 12.9. The normalized spacial score (nSPS) is 10.6. The van der Waals surface area contributed by atoms with Gasteiger partial charge < -0.3 is 22.1 Å². The molecule has 140 valence electrons. The Labute approximate surface area is 167 Å². The van der Waals surface area contributed by atoms with Crippen molar-refractivity contribution in [3.8, 4) is 0 Å². The van der Waals surface area contributed by atoms with Gasteiger partial charge in [-0.1, -0.05) is 22.7 Å². The van der Waals surface area contributed by atoms with Gasteiger partial charge in [-0.05, 0) is 24.3 Å². The van der Waals surface area contributed by atoms with E-state index in [1.807, 2.05) is 12.1 Å². The molecule has 0 aromatic carbocycles. The van der Waals surface area contributed by atoms with Crippen molar-refractivity contribution in [2.75, 3.05) is 22.1 Å². The average molecular weight is 410 g/mol. The molecule has 0 aliphatic rings. The minimum Gasteiger partial charge on any atom is -0.382 e. The number of nitrogens with one attached hydrogen (secondary N) is 2. The lowest BCUT2D eigenvalue weighted by atomic mass is 10.3. The molecule has 0 saturated carbocycles. The first-order chi connectivity index (χ1) is 13.6. The Bertz CT molecular complexity index is 1020. The van der Waals surface area contributed by atoms with E-state index in [-0.39, 0.29) is 17.4 Å². The SMILES string of the molecule is Nc1nc(Nc2cccnc2)sc1C(=O)c1sc(Nc2cccnc2)nc1N. The van der Waals surface area contributed by atoms with Crippen LogP contribution < -0.4 is 22.1 Å². The summed E-state index contributed by atoms with van der Waals surface area (Å²) in [5.41, 5.74) is 13.4. The molecule has 4 heterocycles. The molecule has 4 aromatic heterocycles. The molecule has 0 bridgehead atoms. The second-order valence-corrected chi connectivity index (χ2v) is 7.53. The molecule has 0 atom stereocenters. The van der Waals surface area contributed by atoms with E-state index in [1.54, 1.807) is 36.9 Å². The van der Waals surface area contributed by atoms with Gasteiger partial charge in [0.1, 0.15) is 21.4 Å². The van der Waals surface area contributed by atoms with Crippen LogP contribution in [0.25, 0.3) is 0 Å². The van der Waals surface area contributed by atoms with E-state index in [4.69, 9.17) is 11.5 Å². The van der Waals surface area contributed by atoms with E-state index in [2.05, 4.69) is 30.6 Å². The molecule has 28 heavy (non-hydrogen) atoms. The Hall–Kier alpha value is -3.57. The van der Waals surface area contributed by atoms with Crippen LogP contribution in [0.3, 0.4) is 0 Å². The summed E-state index contributed by atoms with van der Waals surface area (Å²) in [6.07, 6.45) is 6.63. The zero-order valence-electron chi connectivity index (χ0n) is 14.3. The summed E-state index contributed by atoms with van der Waals surface area (Å²) < 4.78 is 0. The molecule has 0 spiro atoms. The Morgan fingerprint density at radius 2 is 1.29 bits per heavy atom. The molecule has 0 unspecified atom stereocenters. The van der Waals surface area contributed by atoms with E-state index < -0.39 is 0 Å². The molecule has 6 N–H and O–H groups in total. The number of carbonyl (C=O) groups excluding carboxylic acids is 1. The molecule has 0 aliphatic heterocycles. The molecular weight excluding hydrogens is 396 g/mol. The number of carbonyl (C=O) groups is 1. The number of rotatable bonds is 6. The summed E-state index contributed by atoms with van der Waals surface area (Å²) in [6, 6.07) is 7.26. The van der Waals surface area contributed by atoms with Crippen molar-refractivity contribution in [1.29, 1.82) is 0 Å². The lowest BCUT2D eigenvalue weighted by Crippen LogP contribution is -2.03. The van der Waals surface area contributed by atoms with Gasteiger partial charge in [0.25, 0.3) is 0 Å². The molecule has 4 aromatic rings. The molecule has 0 fully saturated rings. The van der Waals surface area contributed by atoms with Crippen LogP contribution >= 0.6 is 22.7 Å². The van der Waals surface area contributed by atoms with Crippen molar-refractivity contribution in [3.05, 3.63) is 58.8 Å². The highest BCUT2D eigenvalue weighted by Crippen LogP contribution is 2.34. The van der Waals surface area contributed by atoms with Crippen LogP contribution in [0.4, 0.5) is 33.3 Å². The number of ketones is 1. The van der Waals surface area contributed by atoms with Gasteiger partial charge in [0.05, 0.1) is 23.8 Å². The first-order valence-electron chi connectivity index (χ1n) is 8.01. The molecular formula is C17H14N8OS2. The first kappa shape index (κ1) is 17.8. The fourth-order valence-electron chi connectivity index (χ4n) is 2.32. The first-order valence-corrected chi connectivity index (χ1v) is 9.65. The number of nitrogen functional groups attached to an aromatic ring is 2. The van der Waals surface area contributed by atoms with Gasteiger partial charge in [-0.2, -0.15) is 0 Å². The zero-order chi connectivity index (χ0) is 19.5. The van der Waals surface area contributed by atoms with Crippen LogP contribution in [0.15, 0.2) is 49.1 Å². The van der Waals surface area contributed by atoms with Crippen molar-refractivity contribution in [2.24, 2.45) is 0 Å². The smallest absolute Gasteiger partial charge is 0.220 e. The third kappa shape index (κ3) is 3.75. The highest BCUT2D eigenvalue weighted by atomic mass is 32.1. The minimum atomic E-state index is -0.316. The van der Waals surface area contributed by atoms with Gasteiger partial charge in [0, 0.05) is 12.4 Å². The van der Waals surface area contributed by atoms with Gasteiger partial charge >= 0.3 is 0 Å². The van der Waals surface area contributed by atoms with Crippen molar-refractivity contribution in [3.63, 3.8) is 0 Å². The molecule has 0 radical (unpaired) electrons. The zero-order valence-corrected chi connectivity index (χ0v) is 15.9. The van der Waals surface area contributed by atoms with Crippen molar-refractivity contribution in [1.82, 2.24) is 19.9 Å². The van der Waals surface area contributed by atoms with Crippen molar-refractivity contribution in [2.45, 2.75) is 0 Å². The number of hydrogen-bond donors (Lipinski definition) is 4. The molecule has 0 saturated heterocycles. The van der Waals surface area contributed by atoms with Crippen LogP contribution in [-0.4, -0.2) is 25.7 Å². The third-order valence-corrected chi connectivity index (χ3v) is 5.52. The fraction of sp³-hybridized carbons (Fsp3) is 0. The van der Waals surface area contributed by atoms with Gasteiger partial charge in [-0.25, -0.2) is 9.97 Å². The van der Waals surface area contributed by atoms with Gasteiger partial charge in [0.2, 0.25) is 5.78 Å². The fourth-order valence-corrected chi connectivity index (χ4v) is 4.09. The number of hydrogen-bond acceptors (Lipinski definition) is 11. The van der Waals surface area contributed by atoms with Crippen molar-refractivity contribution < 1.29 is 4.79 Å². The van der Waals surface area contributed by atoms with Crippen LogP contribution in [0.2, 0.25) is 0 Å². The van der Waals surface area contributed by atoms with E-state index in [1.165, 1.54) is 0 Å². The van der Waals surface area contributed by atoms with E-state index in [9.17, 15) is 4.79 Å². The predicted octanol–water partition coefficient (Wildman–Crippen LogP) is 3.27. The summed E-state index contributed by atoms with van der Waals surface area (Å²) in [4.78, 5) is 30.0. The Morgan fingerprint density at radius 1 is 0.821 bits per heavy atom. The summed E-state index contributed by atoms with van der Waals surface area (Å²) >= 11 is 2.30. The second-order valence-electron chi connectivity index (χ2n) is 5.53. The van der Waals surface area contributed by atoms with Crippen LogP contribution in [-0.2, 0) is 0 Å². The Morgan fingerprint density at radius 3 is 1.68 bits per heavy atom. The summed E-state index contributed by atoms with van der Waals surface area (Å²) in [6.45, 7) is 0. The van der Waals surface area contributed by atoms with Gasteiger partial charge in [-0.3, -0.25) is 14.8 Å². The lowest BCUT2D eigenvalue weighted by molar-refractivity contribution is 0.104. The minimum absolute atomic E-state index is 0.135. The molecule has 4 rings (SSSR count). The number of thiazole rings is 2. The Balaban J connectivity index is 1.56. The second kappa shape index (κ2) is 7.58. The molecule has 11 heteroatoms. The molecule has 0 aliphatic carbocycles. The van der Waals surface area contributed by atoms with E-state index in [0.29, 0.717) is 20.0 Å². The standard InChI is InChI=1S/C17H14N8OS2/c18-14-12(27-16(24-14)22-9-3-1-5-20-7-9)11(26)13-15(19)25-17(28-13)23-10-4-2-6-21-8-10/h1-8H,18-19H2,(H,22,24)(H,23,25). The average Bonchev–Trinajstić information content (AvgIpc) is 3.25. The Kier molecular flexibility index (Phi) is 4.83. The highest BCUT2D eigenvalue weighted by molar-refractivity contribution is 7.21. The third-order valence-electron chi connectivity index (χ3n) is 3.54. The van der Waals surface area contributed by atoms with Crippen molar-refractivity contribution >= 4 is 61.7 Å². The van der Waals surface area contributed by atoms with Crippen LogP contribution in [0, 0.1) is 0 Å². The summed E-state index contributed by atoms with van der Waals surface area (Å²) in [7, 11) is 0. The molecule has 0 amide bonds. The van der Waals surface area contributed by atoms with Gasteiger partial charge in [-0.15, -0.1) is 0 Å². The summed E-state index contributed by atoms with van der Waals surface area (Å²) in [5.74, 6) is -0.0459. The lowest BCUT2D eigenvalue weighted by Gasteiger charge is -1.99. The monoisotopic (exact) mass is 410 g/mol. The number of nitrogens with zero attached hydrogens (tertiary/aromatic N) is 4. The maximum atomic E-state index is 12.9. The number of aromatic nitrogens is 4.